The molecule has 3 heterocycles. The Hall–Kier alpha value is -3.09. The average Bonchev–Trinajstić information content (AvgIpc) is 2.87. The topological polar surface area (TPSA) is 88.8 Å². The monoisotopic (exact) mass is 394 g/mol. The standard InChI is InChI=1S/C22H22N2O5/c1-13-9-24-20(26)17-19(29-11-14-5-3-2-4-6-14)18(25)15(21(27)28)10-23(17)12-22(24)8-7-16(13)22/h2-6,10,13,16H,7-9,11-12H2,1H3,(H,27,28)/t13?,16?,22-/m0/s1. The number of aromatic carboxylic acids is 1. The number of fused-ring (bicyclic) bond motifs is 1. The van der Waals surface area contributed by atoms with E-state index in [-0.39, 0.29) is 35.1 Å². The Morgan fingerprint density at radius 2 is 2.03 bits per heavy atom. The zero-order valence-electron chi connectivity index (χ0n) is 16.1. The first-order valence-electron chi connectivity index (χ1n) is 9.92. The first-order chi connectivity index (χ1) is 13.9. The minimum atomic E-state index is -1.31. The molecule has 1 amide bonds. The average molecular weight is 394 g/mol. The quantitative estimate of drug-likeness (QED) is 0.860. The minimum absolute atomic E-state index is 0.0869. The number of carboxylic acid groups (broad SMARTS) is 1. The van der Waals surface area contributed by atoms with Gasteiger partial charge in [0, 0.05) is 19.3 Å². The molecule has 1 saturated heterocycles. The summed E-state index contributed by atoms with van der Waals surface area (Å²) in [6, 6.07) is 9.28. The summed E-state index contributed by atoms with van der Waals surface area (Å²) in [6.45, 7) is 3.41. The maximum atomic E-state index is 13.4. The molecule has 7 heteroatoms. The lowest BCUT2D eigenvalue weighted by Crippen LogP contribution is -2.62. The second-order valence-electron chi connectivity index (χ2n) is 8.40. The Morgan fingerprint density at radius 3 is 2.69 bits per heavy atom. The van der Waals surface area contributed by atoms with E-state index in [2.05, 4.69) is 6.92 Å². The number of hydrogen-bond donors (Lipinski definition) is 1. The minimum Gasteiger partial charge on any atom is -0.483 e. The number of rotatable bonds is 4. The normalized spacial score (nSPS) is 26.9. The van der Waals surface area contributed by atoms with E-state index in [0.717, 1.165) is 18.4 Å². The molecule has 0 bridgehead atoms. The predicted molar refractivity (Wildman–Crippen MR) is 104 cm³/mol. The van der Waals surface area contributed by atoms with Crippen molar-refractivity contribution in [2.24, 2.45) is 11.8 Å². The molecule has 5 rings (SSSR count). The molecule has 7 nitrogen and oxygen atoms in total. The highest BCUT2D eigenvalue weighted by Crippen LogP contribution is 2.56. The van der Waals surface area contributed by atoms with Gasteiger partial charge in [-0.2, -0.15) is 0 Å². The van der Waals surface area contributed by atoms with Crippen LogP contribution in [0.4, 0.5) is 0 Å². The first kappa shape index (κ1) is 18.0. The number of ether oxygens (including phenoxy) is 1. The van der Waals surface area contributed by atoms with Gasteiger partial charge in [0.2, 0.25) is 5.43 Å². The third-order valence-electron chi connectivity index (χ3n) is 6.86. The molecule has 2 fully saturated rings. The van der Waals surface area contributed by atoms with Crippen LogP contribution in [-0.2, 0) is 13.2 Å². The molecule has 0 radical (unpaired) electrons. The number of pyridine rings is 1. The zero-order valence-corrected chi connectivity index (χ0v) is 16.1. The van der Waals surface area contributed by atoms with Gasteiger partial charge in [0.05, 0.1) is 5.54 Å². The number of aromatic nitrogens is 1. The van der Waals surface area contributed by atoms with E-state index in [1.165, 1.54) is 6.20 Å². The van der Waals surface area contributed by atoms with Gasteiger partial charge >= 0.3 is 5.97 Å². The fraction of sp³-hybridized carbons (Fsp3) is 0.409. The summed E-state index contributed by atoms with van der Waals surface area (Å²) in [5.41, 5.74) is -0.371. The van der Waals surface area contributed by atoms with Crippen LogP contribution >= 0.6 is 0 Å². The van der Waals surface area contributed by atoms with Crippen molar-refractivity contribution >= 4 is 11.9 Å². The number of carbonyl (C=O) groups is 2. The Kier molecular flexibility index (Phi) is 3.84. The fourth-order valence-corrected chi connectivity index (χ4v) is 5.38. The molecule has 150 valence electrons. The lowest BCUT2D eigenvalue weighted by molar-refractivity contribution is -0.00969. The highest BCUT2D eigenvalue weighted by molar-refractivity contribution is 5.98. The fourth-order valence-electron chi connectivity index (χ4n) is 5.38. The largest absolute Gasteiger partial charge is 0.483 e. The molecule has 3 aliphatic rings. The third kappa shape index (κ3) is 2.46. The van der Waals surface area contributed by atoms with Gasteiger partial charge in [-0.25, -0.2) is 4.79 Å². The summed E-state index contributed by atoms with van der Waals surface area (Å²) >= 11 is 0. The summed E-state index contributed by atoms with van der Waals surface area (Å²) < 4.78 is 7.44. The van der Waals surface area contributed by atoms with Crippen LogP contribution in [0.1, 0.15) is 46.2 Å². The van der Waals surface area contributed by atoms with Crippen molar-refractivity contribution in [3.8, 4) is 5.75 Å². The molecule has 2 aromatic rings. The molecule has 29 heavy (non-hydrogen) atoms. The molecule has 3 atom stereocenters. The molecule has 1 aliphatic carbocycles. The SMILES string of the molecule is CC1CN2C(=O)c3c(OCc4ccccc4)c(=O)c(C(=O)O)cn3C[C@]23CCC13. The van der Waals surface area contributed by atoms with Gasteiger partial charge in [-0.3, -0.25) is 9.59 Å². The summed E-state index contributed by atoms with van der Waals surface area (Å²) in [7, 11) is 0. The van der Waals surface area contributed by atoms with Gasteiger partial charge in [-0.15, -0.1) is 0 Å². The van der Waals surface area contributed by atoms with Crippen molar-refractivity contribution in [2.45, 2.75) is 38.5 Å². The Labute approximate surface area is 167 Å². The van der Waals surface area contributed by atoms with E-state index in [9.17, 15) is 19.5 Å². The first-order valence-corrected chi connectivity index (χ1v) is 9.92. The van der Waals surface area contributed by atoms with Crippen LogP contribution in [0.15, 0.2) is 41.3 Å². The molecule has 2 unspecified atom stereocenters. The van der Waals surface area contributed by atoms with Crippen LogP contribution in [0, 0.1) is 11.8 Å². The third-order valence-corrected chi connectivity index (χ3v) is 6.86. The van der Waals surface area contributed by atoms with Crippen LogP contribution in [0.3, 0.4) is 0 Å². The molecule has 1 spiro atoms. The Morgan fingerprint density at radius 1 is 1.28 bits per heavy atom. The van der Waals surface area contributed by atoms with Gasteiger partial charge < -0.3 is 19.3 Å². The molecular formula is C22H22N2O5. The number of carbonyl (C=O) groups excluding carboxylic acids is 1. The van der Waals surface area contributed by atoms with E-state index < -0.39 is 11.4 Å². The van der Waals surface area contributed by atoms with Crippen LogP contribution in [-0.4, -0.2) is 38.5 Å². The van der Waals surface area contributed by atoms with Gasteiger partial charge in [0.15, 0.2) is 11.4 Å². The summed E-state index contributed by atoms with van der Waals surface area (Å²) in [6.07, 6.45) is 3.29. The van der Waals surface area contributed by atoms with Crippen molar-refractivity contribution in [1.29, 1.82) is 0 Å². The Bertz CT molecular complexity index is 1080. The van der Waals surface area contributed by atoms with Crippen LogP contribution < -0.4 is 10.2 Å². The number of hydrogen-bond acceptors (Lipinski definition) is 4. The second kappa shape index (κ2) is 6.20. The van der Waals surface area contributed by atoms with Crippen LogP contribution in [0.25, 0.3) is 0 Å². The van der Waals surface area contributed by atoms with Gasteiger partial charge in [-0.05, 0) is 30.2 Å². The van der Waals surface area contributed by atoms with Gasteiger partial charge in [0.1, 0.15) is 12.2 Å². The summed E-state index contributed by atoms with van der Waals surface area (Å²) in [4.78, 5) is 39.9. The van der Waals surface area contributed by atoms with E-state index in [1.807, 2.05) is 35.2 Å². The van der Waals surface area contributed by atoms with Crippen molar-refractivity contribution in [3.05, 3.63) is 63.6 Å². The number of nitrogens with zero attached hydrogens (tertiary/aromatic N) is 2. The van der Waals surface area contributed by atoms with Gasteiger partial charge in [0.25, 0.3) is 5.91 Å². The summed E-state index contributed by atoms with van der Waals surface area (Å²) in [5, 5.41) is 9.54. The highest BCUT2D eigenvalue weighted by atomic mass is 16.5. The van der Waals surface area contributed by atoms with Gasteiger partial charge in [-0.1, -0.05) is 37.3 Å². The number of carboxylic acids is 1. The van der Waals surface area contributed by atoms with Crippen LogP contribution in [0.2, 0.25) is 0 Å². The summed E-state index contributed by atoms with van der Waals surface area (Å²) in [5.74, 6) is -0.901. The number of amides is 1. The van der Waals surface area contributed by atoms with E-state index in [4.69, 9.17) is 4.74 Å². The maximum Gasteiger partial charge on any atom is 0.341 e. The highest BCUT2D eigenvalue weighted by Gasteiger charge is 2.62. The van der Waals surface area contributed by atoms with E-state index in [1.54, 1.807) is 4.57 Å². The Balaban J connectivity index is 1.62. The lowest BCUT2D eigenvalue weighted by Gasteiger charge is -2.53. The molecule has 1 aromatic carbocycles. The zero-order chi connectivity index (χ0) is 20.3. The molecule has 1 N–H and O–H groups in total. The smallest absolute Gasteiger partial charge is 0.341 e. The molecule has 1 aromatic heterocycles. The van der Waals surface area contributed by atoms with E-state index in [0.29, 0.717) is 24.9 Å². The van der Waals surface area contributed by atoms with Crippen molar-refractivity contribution in [2.75, 3.05) is 6.54 Å². The van der Waals surface area contributed by atoms with Crippen LogP contribution in [0.5, 0.6) is 5.75 Å². The molecule has 1 saturated carbocycles. The van der Waals surface area contributed by atoms with Crippen molar-refractivity contribution in [3.63, 3.8) is 0 Å². The van der Waals surface area contributed by atoms with Crippen molar-refractivity contribution in [1.82, 2.24) is 9.47 Å². The molecular weight excluding hydrogens is 372 g/mol. The maximum absolute atomic E-state index is 13.4. The lowest BCUT2D eigenvalue weighted by atomic mass is 9.63. The van der Waals surface area contributed by atoms with E-state index >= 15 is 0 Å². The second-order valence-corrected chi connectivity index (χ2v) is 8.40. The number of benzene rings is 1. The van der Waals surface area contributed by atoms with Crippen molar-refractivity contribution < 1.29 is 19.4 Å². The molecule has 2 aliphatic heterocycles. The predicted octanol–water partition coefficient (Wildman–Crippen LogP) is 2.38.